The lowest BCUT2D eigenvalue weighted by atomic mass is 10.2. The van der Waals surface area contributed by atoms with Gasteiger partial charge in [-0.1, -0.05) is 0 Å². The number of imidazole rings is 1. The molecule has 1 fully saturated rings. The molecular weight excluding hydrogens is 290 g/mol. The maximum atomic E-state index is 5.61. The standard InChI is InChI=1S/C17H27N5O/c1-5-22-14(6-8-18-22)7-9-21-11-15(23-4)10-16(21)17-19-12(2)13(3)20-17/h6,8,15-16H,5,7,9-11H2,1-4H3,(H,19,20)/t15-,16+/m1/s1. The Bertz CT molecular complexity index is 628. The summed E-state index contributed by atoms with van der Waals surface area (Å²) in [6, 6.07) is 2.43. The van der Waals surface area contributed by atoms with Crippen LogP contribution in [0.4, 0.5) is 0 Å². The molecule has 0 spiro atoms. The topological polar surface area (TPSA) is 59.0 Å². The Hall–Kier alpha value is -1.66. The second kappa shape index (κ2) is 6.84. The van der Waals surface area contributed by atoms with Crippen molar-refractivity contribution in [2.75, 3.05) is 20.2 Å². The van der Waals surface area contributed by atoms with Crippen LogP contribution in [0.25, 0.3) is 0 Å². The highest BCUT2D eigenvalue weighted by Gasteiger charge is 2.34. The first-order valence-corrected chi connectivity index (χ1v) is 8.43. The van der Waals surface area contributed by atoms with Gasteiger partial charge in [-0.05, 0) is 33.3 Å². The van der Waals surface area contributed by atoms with E-state index in [1.807, 2.05) is 6.20 Å². The second-order valence-electron chi connectivity index (χ2n) is 6.32. The Balaban J connectivity index is 1.72. The van der Waals surface area contributed by atoms with Crippen LogP contribution in [-0.4, -0.2) is 51.0 Å². The third-order valence-electron chi connectivity index (χ3n) is 4.92. The molecule has 1 aliphatic heterocycles. The van der Waals surface area contributed by atoms with Crippen LogP contribution in [0.3, 0.4) is 0 Å². The molecule has 1 saturated heterocycles. The summed E-state index contributed by atoms with van der Waals surface area (Å²) in [5.41, 5.74) is 3.54. The molecule has 1 N–H and O–H groups in total. The largest absolute Gasteiger partial charge is 0.380 e. The summed E-state index contributed by atoms with van der Waals surface area (Å²) in [5, 5.41) is 4.36. The van der Waals surface area contributed by atoms with Gasteiger partial charge in [0.2, 0.25) is 0 Å². The van der Waals surface area contributed by atoms with Gasteiger partial charge in [0.1, 0.15) is 5.82 Å². The molecule has 1 aliphatic rings. The van der Waals surface area contributed by atoms with Crippen LogP contribution in [0.15, 0.2) is 12.3 Å². The number of rotatable bonds is 6. The van der Waals surface area contributed by atoms with Crippen molar-refractivity contribution in [3.05, 3.63) is 35.2 Å². The number of nitrogens with zero attached hydrogens (tertiary/aromatic N) is 4. The quantitative estimate of drug-likeness (QED) is 0.888. The highest BCUT2D eigenvalue weighted by molar-refractivity contribution is 5.15. The fraction of sp³-hybridized carbons (Fsp3) is 0.647. The van der Waals surface area contributed by atoms with Crippen LogP contribution in [-0.2, 0) is 17.7 Å². The Morgan fingerprint density at radius 2 is 2.22 bits per heavy atom. The SMILES string of the molecule is CCn1nccc1CCN1C[C@H](OC)C[C@H]1c1nc(C)c(C)[nH]1. The van der Waals surface area contributed by atoms with Crippen molar-refractivity contribution in [1.29, 1.82) is 0 Å². The minimum Gasteiger partial charge on any atom is -0.380 e. The fourth-order valence-corrected chi connectivity index (χ4v) is 3.41. The molecule has 0 unspecified atom stereocenters. The van der Waals surface area contributed by atoms with Crippen molar-refractivity contribution < 1.29 is 4.74 Å². The summed E-state index contributed by atoms with van der Waals surface area (Å²) in [6.45, 7) is 9.14. The highest BCUT2D eigenvalue weighted by atomic mass is 16.5. The summed E-state index contributed by atoms with van der Waals surface area (Å²) < 4.78 is 7.68. The minimum absolute atomic E-state index is 0.279. The van der Waals surface area contributed by atoms with Crippen LogP contribution in [0.5, 0.6) is 0 Å². The van der Waals surface area contributed by atoms with Gasteiger partial charge in [-0.25, -0.2) is 4.98 Å². The molecule has 126 valence electrons. The Morgan fingerprint density at radius 1 is 1.39 bits per heavy atom. The summed E-state index contributed by atoms with van der Waals surface area (Å²) in [4.78, 5) is 10.7. The van der Waals surface area contributed by atoms with Crippen molar-refractivity contribution >= 4 is 0 Å². The second-order valence-corrected chi connectivity index (χ2v) is 6.32. The van der Waals surface area contributed by atoms with Crippen molar-refractivity contribution in [3.8, 4) is 0 Å². The monoisotopic (exact) mass is 317 g/mol. The predicted molar refractivity (Wildman–Crippen MR) is 89.4 cm³/mol. The predicted octanol–water partition coefficient (Wildman–Crippen LogP) is 2.25. The van der Waals surface area contributed by atoms with E-state index in [4.69, 9.17) is 9.72 Å². The number of likely N-dealkylation sites (tertiary alicyclic amines) is 1. The molecule has 2 atom stereocenters. The van der Waals surface area contributed by atoms with Crippen LogP contribution in [0.2, 0.25) is 0 Å². The van der Waals surface area contributed by atoms with Crippen LogP contribution in [0.1, 0.15) is 42.3 Å². The molecule has 0 radical (unpaired) electrons. The van der Waals surface area contributed by atoms with E-state index in [0.717, 1.165) is 49.7 Å². The molecule has 2 aromatic heterocycles. The van der Waals surface area contributed by atoms with Crippen molar-refractivity contribution in [2.24, 2.45) is 0 Å². The van der Waals surface area contributed by atoms with Gasteiger partial charge in [0, 0.05) is 50.7 Å². The van der Waals surface area contributed by atoms with Gasteiger partial charge in [-0.2, -0.15) is 5.10 Å². The first kappa shape index (κ1) is 16.2. The van der Waals surface area contributed by atoms with Gasteiger partial charge >= 0.3 is 0 Å². The van der Waals surface area contributed by atoms with Gasteiger partial charge in [-0.3, -0.25) is 9.58 Å². The smallest absolute Gasteiger partial charge is 0.124 e. The molecule has 23 heavy (non-hydrogen) atoms. The maximum absolute atomic E-state index is 5.61. The Labute approximate surface area is 137 Å². The molecule has 0 aromatic carbocycles. The van der Waals surface area contributed by atoms with Crippen LogP contribution >= 0.6 is 0 Å². The van der Waals surface area contributed by atoms with E-state index in [1.54, 1.807) is 7.11 Å². The lowest BCUT2D eigenvalue weighted by Crippen LogP contribution is -2.28. The normalized spacial score (nSPS) is 22.1. The highest BCUT2D eigenvalue weighted by Crippen LogP contribution is 2.32. The zero-order valence-electron chi connectivity index (χ0n) is 14.5. The molecule has 0 aliphatic carbocycles. The summed E-state index contributed by atoms with van der Waals surface area (Å²) in [7, 11) is 1.80. The first-order valence-electron chi connectivity index (χ1n) is 8.43. The van der Waals surface area contributed by atoms with Gasteiger partial charge in [0.15, 0.2) is 0 Å². The molecule has 2 aromatic rings. The van der Waals surface area contributed by atoms with Gasteiger partial charge in [0.05, 0.1) is 17.8 Å². The van der Waals surface area contributed by atoms with E-state index in [0.29, 0.717) is 6.04 Å². The van der Waals surface area contributed by atoms with E-state index >= 15 is 0 Å². The zero-order valence-corrected chi connectivity index (χ0v) is 14.5. The summed E-state index contributed by atoms with van der Waals surface area (Å²) in [6.07, 6.45) is 4.16. The van der Waals surface area contributed by atoms with E-state index in [-0.39, 0.29) is 6.10 Å². The molecule has 6 nitrogen and oxygen atoms in total. The zero-order chi connectivity index (χ0) is 16.4. The van der Waals surface area contributed by atoms with Gasteiger partial charge < -0.3 is 9.72 Å². The number of methoxy groups -OCH3 is 1. The first-order chi connectivity index (χ1) is 11.1. The molecular formula is C17H27N5O. The summed E-state index contributed by atoms with van der Waals surface area (Å²) >= 11 is 0. The van der Waals surface area contributed by atoms with Crippen LogP contribution < -0.4 is 0 Å². The van der Waals surface area contributed by atoms with Crippen molar-refractivity contribution in [1.82, 2.24) is 24.6 Å². The van der Waals surface area contributed by atoms with Crippen LogP contribution in [0, 0.1) is 13.8 Å². The average Bonchev–Trinajstić information content (AvgIpc) is 3.24. The number of hydrogen-bond donors (Lipinski definition) is 1. The number of ether oxygens (including phenoxy) is 1. The third kappa shape index (κ3) is 3.33. The van der Waals surface area contributed by atoms with E-state index in [1.165, 1.54) is 5.69 Å². The number of hydrogen-bond acceptors (Lipinski definition) is 4. The lowest BCUT2D eigenvalue weighted by molar-refractivity contribution is 0.108. The fourth-order valence-electron chi connectivity index (χ4n) is 3.41. The number of aromatic nitrogens is 4. The number of aromatic amines is 1. The van der Waals surface area contributed by atoms with E-state index in [9.17, 15) is 0 Å². The summed E-state index contributed by atoms with van der Waals surface area (Å²) in [5.74, 6) is 1.07. The maximum Gasteiger partial charge on any atom is 0.124 e. The molecule has 3 heterocycles. The minimum atomic E-state index is 0.279. The molecule has 0 saturated carbocycles. The van der Waals surface area contributed by atoms with Gasteiger partial charge in [-0.15, -0.1) is 0 Å². The Kier molecular flexibility index (Phi) is 4.82. The molecule has 6 heteroatoms. The Morgan fingerprint density at radius 3 is 2.87 bits per heavy atom. The number of H-pyrrole nitrogens is 1. The van der Waals surface area contributed by atoms with Crippen molar-refractivity contribution in [2.45, 2.75) is 52.3 Å². The number of aryl methyl sites for hydroxylation is 3. The lowest BCUT2D eigenvalue weighted by Gasteiger charge is -2.22. The molecule has 3 rings (SSSR count). The number of nitrogens with one attached hydrogen (secondary N) is 1. The van der Waals surface area contributed by atoms with E-state index in [2.05, 4.69) is 46.5 Å². The average molecular weight is 317 g/mol. The van der Waals surface area contributed by atoms with E-state index < -0.39 is 0 Å². The molecule has 0 bridgehead atoms. The third-order valence-corrected chi connectivity index (χ3v) is 4.92. The molecule has 0 amide bonds. The van der Waals surface area contributed by atoms with Gasteiger partial charge in [0.25, 0.3) is 0 Å². The van der Waals surface area contributed by atoms with Crippen molar-refractivity contribution in [3.63, 3.8) is 0 Å².